The molecule has 2 N–H and O–H groups in total. The fourth-order valence-electron chi connectivity index (χ4n) is 3.11. The van der Waals surface area contributed by atoms with Crippen LogP contribution < -0.4 is 5.32 Å². The molecule has 0 aromatic heterocycles. The molecule has 3 rings (SSSR count). The van der Waals surface area contributed by atoms with Gasteiger partial charge in [0.15, 0.2) is 0 Å². The SMILES string of the molecule is CNC(=O)C12CCC(CO)(CC1)CC2. The van der Waals surface area contributed by atoms with Gasteiger partial charge in [0.1, 0.15) is 0 Å². The second-order valence-electron chi connectivity index (χ2n) is 5.02. The van der Waals surface area contributed by atoms with Gasteiger partial charge in [-0.3, -0.25) is 4.79 Å². The molecule has 1 amide bonds. The third kappa shape index (κ3) is 1.26. The van der Waals surface area contributed by atoms with Gasteiger partial charge >= 0.3 is 0 Å². The maximum Gasteiger partial charge on any atom is 0.225 e. The summed E-state index contributed by atoms with van der Waals surface area (Å²) in [6.45, 7) is 0.302. The number of carbonyl (C=O) groups excluding carboxylic acids is 1. The normalized spacial score (nSPS) is 41.0. The maximum atomic E-state index is 11.8. The van der Waals surface area contributed by atoms with E-state index in [2.05, 4.69) is 5.32 Å². The maximum absolute atomic E-state index is 11.8. The number of aliphatic hydroxyl groups excluding tert-OH is 1. The molecule has 80 valence electrons. The first-order chi connectivity index (χ1) is 6.66. The Morgan fingerprint density at radius 1 is 1.21 bits per heavy atom. The van der Waals surface area contributed by atoms with Crippen molar-refractivity contribution in [2.24, 2.45) is 10.8 Å². The van der Waals surface area contributed by atoms with Crippen LogP contribution in [0.3, 0.4) is 0 Å². The Kier molecular flexibility index (Phi) is 2.30. The van der Waals surface area contributed by atoms with Gasteiger partial charge in [0.05, 0.1) is 0 Å². The second-order valence-corrected chi connectivity index (χ2v) is 5.02. The molecular weight excluding hydrogens is 178 g/mol. The molecule has 3 heteroatoms. The average molecular weight is 197 g/mol. The first-order valence-corrected chi connectivity index (χ1v) is 5.50. The molecule has 0 atom stereocenters. The third-order valence-corrected chi connectivity index (χ3v) is 4.45. The van der Waals surface area contributed by atoms with E-state index in [-0.39, 0.29) is 16.7 Å². The van der Waals surface area contributed by atoms with E-state index in [1.807, 2.05) is 0 Å². The number of hydrogen-bond acceptors (Lipinski definition) is 2. The minimum absolute atomic E-state index is 0.0916. The van der Waals surface area contributed by atoms with E-state index in [9.17, 15) is 9.90 Å². The van der Waals surface area contributed by atoms with Crippen LogP contribution in [0.5, 0.6) is 0 Å². The fourth-order valence-corrected chi connectivity index (χ4v) is 3.11. The summed E-state index contributed by atoms with van der Waals surface area (Å²) in [5.74, 6) is 0.212. The molecular formula is C11H19NO2. The van der Waals surface area contributed by atoms with Crippen LogP contribution in [0.15, 0.2) is 0 Å². The summed E-state index contributed by atoms with van der Waals surface area (Å²) in [6, 6.07) is 0. The van der Waals surface area contributed by atoms with Crippen molar-refractivity contribution in [3.63, 3.8) is 0 Å². The van der Waals surface area contributed by atoms with Gasteiger partial charge in [0.25, 0.3) is 0 Å². The molecule has 3 fully saturated rings. The lowest BCUT2D eigenvalue weighted by Gasteiger charge is -2.51. The zero-order chi connectivity index (χ0) is 10.2. The van der Waals surface area contributed by atoms with E-state index in [0.717, 1.165) is 38.5 Å². The molecule has 3 aliphatic carbocycles. The quantitative estimate of drug-likeness (QED) is 0.695. The molecule has 0 radical (unpaired) electrons. The van der Waals surface area contributed by atoms with Crippen LogP contribution in [0.25, 0.3) is 0 Å². The molecule has 0 spiro atoms. The molecule has 0 aromatic carbocycles. The van der Waals surface area contributed by atoms with Crippen molar-refractivity contribution in [3.05, 3.63) is 0 Å². The van der Waals surface area contributed by atoms with Crippen LogP contribution in [0.4, 0.5) is 0 Å². The topological polar surface area (TPSA) is 49.3 Å². The average Bonchev–Trinajstić information content (AvgIpc) is 2.30. The number of aliphatic hydroxyl groups is 1. The highest BCUT2D eigenvalue weighted by atomic mass is 16.3. The highest BCUT2D eigenvalue weighted by molar-refractivity contribution is 5.82. The van der Waals surface area contributed by atoms with Gasteiger partial charge in [-0.05, 0) is 43.9 Å². The van der Waals surface area contributed by atoms with E-state index >= 15 is 0 Å². The lowest BCUT2D eigenvalue weighted by atomic mass is 9.53. The summed E-state index contributed by atoms with van der Waals surface area (Å²) >= 11 is 0. The summed E-state index contributed by atoms with van der Waals surface area (Å²) in [7, 11) is 1.72. The van der Waals surface area contributed by atoms with Crippen molar-refractivity contribution < 1.29 is 9.90 Å². The predicted molar refractivity (Wildman–Crippen MR) is 53.7 cm³/mol. The van der Waals surface area contributed by atoms with E-state index < -0.39 is 0 Å². The first kappa shape index (κ1) is 9.97. The molecule has 0 aliphatic heterocycles. The number of amides is 1. The van der Waals surface area contributed by atoms with Gasteiger partial charge in [-0.2, -0.15) is 0 Å². The Morgan fingerprint density at radius 2 is 1.71 bits per heavy atom. The number of hydrogen-bond donors (Lipinski definition) is 2. The van der Waals surface area contributed by atoms with Crippen LogP contribution in [0.1, 0.15) is 38.5 Å². The Labute approximate surface area is 84.9 Å². The zero-order valence-electron chi connectivity index (χ0n) is 8.81. The van der Waals surface area contributed by atoms with Crippen LogP contribution in [-0.2, 0) is 4.79 Å². The molecule has 14 heavy (non-hydrogen) atoms. The Balaban J connectivity index is 2.12. The minimum Gasteiger partial charge on any atom is -0.396 e. The van der Waals surface area contributed by atoms with Crippen molar-refractivity contribution in [2.45, 2.75) is 38.5 Å². The van der Waals surface area contributed by atoms with Gasteiger partial charge in [-0.25, -0.2) is 0 Å². The second kappa shape index (κ2) is 3.23. The third-order valence-electron chi connectivity index (χ3n) is 4.45. The van der Waals surface area contributed by atoms with E-state index in [1.165, 1.54) is 0 Å². The molecule has 2 bridgehead atoms. The molecule has 0 aromatic rings. The van der Waals surface area contributed by atoms with Gasteiger partial charge in [-0.15, -0.1) is 0 Å². The van der Waals surface area contributed by atoms with E-state index in [1.54, 1.807) is 7.05 Å². The first-order valence-electron chi connectivity index (χ1n) is 5.50. The fraction of sp³-hybridized carbons (Fsp3) is 0.909. The molecule has 3 saturated carbocycles. The van der Waals surface area contributed by atoms with Crippen LogP contribution in [0.2, 0.25) is 0 Å². The highest BCUT2D eigenvalue weighted by Gasteiger charge is 2.51. The van der Waals surface area contributed by atoms with Crippen LogP contribution >= 0.6 is 0 Å². The number of nitrogens with one attached hydrogen (secondary N) is 1. The van der Waals surface area contributed by atoms with Crippen molar-refractivity contribution in [1.29, 1.82) is 0 Å². The smallest absolute Gasteiger partial charge is 0.225 e. The van der Waals surface area contributed by atoms with Crippen molar-refractivity contribution in [1.82, 2.24) is 5.32 Å². The van der Waals surface area contributed by atoms with Gasteiger partial charge in [-0.1, -0.05) is 0 Å². The molecule has 3 aliphatic rings. The monoisotopic (exact) mass is 197 g/mol. The lowest BCUT2D eigenvalue weighted by molar-refractivity contribution is -0.141. The molecule has 0 heterocycles. The number of rotatable bonds is 2. The molecule has 0 unspecified atom stereocenters. The Bertz CT molecular complexity index is 225. The predicted octanol–water partition coefficient (Wildman–Crippen LogP) is 1.07. The Morgan fingerprint density at radius 3 is 2.07 bits per heavy atom. The van der Waals surface area contributed by atoms with Crippen molar-refractivity contribution >= 4 is 5.91 Å². The number of fused-ring (bicyclic) bond motifs is 3. The lowest BCUT2D eigenvalue weighted by Crippen LogP contribution is -2.50. The van der Waals surface area contributed by atoms with Crippen LogP contribution in [-0.4, -0.2) is 24.7 Å². The molecule has 3 nitrogen and oxygen atoms in total. The van der Waals surface area contributed by atoms with Gasteiger partial charge in [0.2, 0.25) is 5.91 Å². The summed E-state index contributed by atoms with van der Waals surface area (Å²) in [5.41, 5.74) is 0.0709. The standard InChI is InChI=1S/C11H19NO2/c1-12-9(14)11-5-2-10(8-13,3-6-11)4-7-11/h13H,2-8H2,1H3,(H,12,14). The minimum atomic E-state index is -0.0916. The largest absolute Gasteiger partial charge is 0.396 e. The summed E-state index contributed by atoms with van der Waals surface area (Å²) in [4.78, 5) is 11.8. The summed E-state index contributed by atoms with van der Waals surface area (Å²) in [5, 5.41) is 12.1. The van der Waals surface area contributed by atoms with Crippen molar-refractivity contribution in [3.8, 4) is 0 Å². The van der Waals surface area contributed by atoms with Gasteiger partial charge < -0.3 is 10.4 Å². The summed E-state index contributed by atoms with van der Waals surface area (Å²) < 4.78 is 0. The van der Waals surface area contributed by atoms with Gasteiger partial charge in [0, 0.05) is 19.1 Å². The van der Waals surface area contributed by atoms with E-state index in [4.69, 9.17) is 0 Å². The van der Waals surface area contributed by atoms with Crippen molar-refractivity contribution in [2.75, 3.05) is 13.7 Å². The Hall–Kier alpha value is -0.570. The zero-order valence-corrected chi connectivity index (χ0v) is 8.81. The number of carbonyl (C=O) groups is 1. The van der Waals surface area contributed by atoms with E-state index in [0.29, 0.717) is 6.61 Å². The highest BCUT2D eigenvalue weighted by Crippen LogP contribution is 2.56. The summed E-state index contributed by atoms with van der Waals surface area (Å²) in [6.07, 6.45) is 5.97. The molecule has 0 saturated heterocycles. The van der Waals surface area contributed by atoms with Crippen LogP contribution in [0, 0.1) is 10.8 Å².